The van der Waals surface area contributed by atoms with Gasteiger partial charge in [0.2, 0.25) is 6.33 Å². The van der Waals surface area contributed by atoms with Crippen molar-refractivity contribution in [1.82, 2.24) is 29.9 Å². The Morgan fingerprint density at radius 3 is 1.38 bits per heavy atom. The smallest absolute Gasteiger partial charge is 0.239 e. The molecule has 0 saturated heterocycles. The fourth-order valence-corrected chi connectivity index (χ4v) is 6.90. The molecule has 0 unspecified atom stereocenters. The Hall–Kier alpha value is -10.1. The zero-order valence-corrected chi connectivity index (χ0v) is 51.0. The highest BCUT2D eigenvalue weighted by Gasteiger charge is 2.03. The number of aromatic nitrogens is 7. The summed E-state index contributed by atoms with van der Waals surface area (Å²) < 4.78 is 5.44. The second-order valence-corrected chi connectivity index (χ2v) is 17.8. The van der Waals surface area contributed by atoms with E-state index in [2.05, 4.69) is 130 Å². The number of aryl methyl sites for hydroxylation is 7. The minimum atomic E-state index is 0. The van der Waals surface area contributed by atoms with Crippen LogP contribution in [-0.2, 0) is 24.6 Å². The molecule has 0 atom stereocenters. The van der Waals surface area contributed by atoms with Crippen molar-refractivity contribution >= 4 is 79.3 Å². The minimum Gasteiger partial charge on any atom is -0.361 e. The highest BCUT2D eigenvalue weighted by Crippen LogP contribution is 2.23. The first kappa shape index (κ1) is 71.0. The summed E-state index contributed by atoms with van der Waals surface area (Å²) in [4.78, 5) is 37.2. The van der Waals surface area contributed by atoms with Crippen molar-refractivity contribution in [3.05, 3.63) is 304 Å². The number of aliphatic imine (C=N–C) groups is 2. The molecule has 0 bridgehead atoms. The van der Waals surface area contributed by atoms with Crippen molar-refractivity contribution in [1.29, 1.82) is 11.6 Å². The number of hydrogen-bond acceptors (Lipinski definition) is 7. The molecule has 11 aromatic rings. The van der Waals surface area contributed by atoms with Crippen molar-refractivity contribution in [3.8, 4) is 12.1 Å². The van der Waals surface area contributed by atoms with Gasteiger partial charge in [0.05, 0.1) is 61.6 Å². The van der Waals surface area contributed by atoms with E-state index in [9.17, 15) is 0 Å². The standard InChI is InChI=1S/7C8H7N.3C4H6N2.CH4.HPS.H2S/c3*1-2-4-8-7(3-1)5-6-9-8;2*1-7-5-3-4-6-8(7)9-2;1-7-3-2-4-8(5-7)6-9;1-7-4-2-3-5-8(7)6-9;3*1-4-2-5-3-6-4;;1-2;/h2*1-4,6H,5H2;1-6,9H;2*3-6H,1H3;2*2-5H,1H3;3*2-3H,1H3,(H,5,6);1H4;1H;1H2/p+1/i/hD. The van der Waals surface area contributed by atoms with E-state index in [1.54, 1.807) is 37.4 Å². The van der Waals surface area contributed by atoms with E-state index in [1.807, 2.05) is 213 Å². The summed E-state index contributed by atoms with van der Waals surface area (Å²) in [6, 6.07) is 61.1. The number of nitriles is 2. The largest absolute Gasteiger partial charge is 0.361 e. The SMILES string of the molecule is C.C1=Nc2ccccc2C1.C1=Nc2ccccc2C1.Cc1c[nH+]c[nH]1.Cc1cccc(C#N)c1.Cc1ccccc1C#N.Cc1cnc[nH]1.Cc1cnc[nH]1.P=S.[2H]S.[C-]#[N+]c1ccccc1C.[C-]#[N+]c1ccccc1C.c1ccc2[nH]ccc2c1. The van der Waals surface area contributed by atoms with E-state index >= 15 is 0 Å². The first-order valence-electron chi connectivity index (χ1n) is 26.5. The van der Waals surface area contributed by atoms with Gasteiger partial charge in [0.15, 0.2) is 11.4 Å². The maximum absolute atomic E-state index is 8.47. The molecule has 0 fully saturated rings. The van der Waals surface area contributed by atoms with Crippen LogP contribution in [0.5, 0.6) is 0 Å². The summed E-state index contributed by atoms with van der Waals surface area (Å²) in [5, 5.41) is 18.2. The second-order valence-electron chi connectivity index (χ2n) is 17.8. The molecule has 0 saturated carbocycles. The number of para-hydroxylation sites is 5. The topological polar surface area (TPSA) is 184 Å². The summed E-state index contributed by atoms with van der Waals surface area (Å²) in [7, 11) is 2.56. The molecule has 0 amide bonds. The van der Waals surface area contributed by atoms with Gasteiger partial charge in [-0.2, -0.15) is 23.9 Å². The number of hydrogen-bond donors (Lipinski definition) is 4. The Kier molecular flexibility index (Phi) is 37.2. The van der Waals surface area contributed by atoms with Crippen LogP contribution in [0.4, 0.5) is 22.7 Å². The molecule has 6 heterocycles. The number of fused-ring (bicyclic) bond motifs is 3. The Bertz CT molecular complexity index is 3490. The van der Waals surface area contributed by atoms with Crippen LogP contribution in [0, 0.1) is 84.3 Å². The molecule has 13 nitrogen and oxygen atoms in total. The van der Waals surface area contributed by atoms with Gasteiger partial charge in [-0.1, -0.05) is 153 Å². The summed E-state index contributed by atoms with van der Waals surface area (Å²) in [6.45, 7) is 27.1. The van der Waals surface area contributed by atoms with E-state index in [4.69, 9.17) is 24.8 Å². The van der Waals surface area contributed by atoms with E-state index in [0.717, 1.165) is 86.1 Å². The van der Waals surface area contributed by atoms with Gasteiger partial charge in [0, 0.05) is 67.7 Å². The van der Waals surface area contributed by atoms with E-state index < -0.39 is 0 Å². The number of imidazole rings is 3. The molecule has 0 spiro atoms. The lowest BCUT2D eigenvalue weighted by Crippen LogP contribution is -1.88. The Morgan fingerprint density at radius 2 is 1.04 bits per heavy atom. The maximum Gasteiger partial charge on any atom is 0.239 e. The average molecular weight is 1180 g/mol. The van der Waals surface area contributed by atoms with Crippen LogP contribution in [0.3, 0.4) is 0 Å². The second kappa shape index (κ2) is 44.5. The molecule has 7 aromatic carbocycles. The average Bonchev–Trinajstić information content (AvgIpc) is 4.54. The Labute approximate surface area is 517 Å². The van der Waals surface area contributed by atoms with Crippen LogP contribution in [0.2, 0.25) is 0 Å². The predicted octanol–water partition coefficient (Wildman–Crippen LogP) is 17.8. The number of nitrogens with one attached hydrogen (secondary N) is 5. The first-order chi connectivity index (χ1) is 41.4. The first-order valence-corrected chi connectivity index (χ1v) is 27.7. The summed E-state index contributed by atoms with van der Waals surface area (Å²) in [5.41, 5.74) is 16.8. The van der Waals surface area contributed by atoms with Crippen molar-refractivity contribution in [3.63, 3.8) is 0 Å². The van der Waals surface area contributed by atoms with Crippen LogP contribution in [-0.4, -0.2) is 43.5 Å². The molecule has 4 aromatic heterocycles. The van der Waals surface area contributed by atoms with Gasteiger partial charge < -0.3 is 15.0 Å². The highest BCUT2D eigenvalue weighted by atomic mass is 32.4. The van der Waals surface area contributed by atoms with Crippen molar-refractivity contribution in [2.24, 2.45) is 9.98 Å². The van der Waals surface area contributed by atoms with Crippen LogP contribution in [0.1, 0.15) is 69.0 Å². The number of benzene rings is 7. The third-order valence-electron chi connectivity index (χ3n) is 11.4. The highest BCUT2D eigenvalue weighted by molar-refractivity contribution is 7.88. The summed E-state index contributed by atoms with van der Waals surface area (Å²) in [6.07, 6.45) is 18.4. The molecule has 85 heavy (non-hydrogen) atoms. The number of rotatable bonds is 0. The molecular formula is C69H75N13PS2+. The Balaban J connectivity index is 0.000000476. The normalized spacial score (nSPS) is 9.58. The molecule has 0 aliphatic carbocycles. The lowest BCUT2D eigenvalue weighted by molar-refractivity contribution is -0.376. The fourth-order valence-electron chi connectivity index (χ4n) is 6.90. The van der Waals surface area contributed by atoms with Gasteiger partial charge in [-0.3, -0.25) is 15.0 Å². The zero-order chi connectivity index (χ0) is 62.3. The lowest BCUT2D eigenvalue weighted by Gasteiger charge is -1.91. The van der Waals surface area contributed by atoms with Crippen LogP contribution < -0.4 is 4.98 Å². The number of H-pyrrole nitrogens is 5. The van der Waals surface area contributed by atoms with Gasteiger partial charge >= 0.3 is 0 Å². The van der Waals surface area contributed by atoms with Gasteiger partial charge in [0.1, 0.15) is 11.9 Å². The number of aromatic amines is 5. The molecule has 13 rings (SSSR count). The maximum atomic E-state index is 8.47. The van der Waals surface area contributed by atoms with E-state index in [-0.39, 0.29) is 7.43 Å². The van der Waals surface area contributed by atoms with E-state index in [1.165, 1.54) is 22.0 Å². The molecule has 5 N–H and O–H groups in total. The van der Waals surface area contributed by atoms with Gasteiger partial charge in [-0.15, -0.1) is 0 Å². The molecule has 432 valence electrons. The molecular weight excluding hydrogens is 1110 g/mol. The molecule has 16 heteroatoms. The minimum absolute atomic E-state index is 0. The van der Waals surface area contributed by atoms with Crippen LogP contribution >= 0.6 is 21.4 Å². The van der Waals surface area contributed by atoms with Gasteiger partial charge in [0.25, 0.3) is 0 Å². The van der Waals surface area contributed by atoms with Crippen molar-refractivity contribution in [2.45, 2.75) is 68.7 Å². The predicted molar refractivity (Wildman–Crippen MR) is 363 cm³/mol. The number of nitrogens with zero attached hydrogens (tertiary/aromatic N) is 8. The fraction of sp³-hybridized carbons (Fsp3) is 0.145. The summed E-state index contributed by atoms with van der Waals surface area (Å²) >= 11 is 6.67. The third kappa shape index (κ3) is 30.0. The molecule has 0 radical (unpaired) electrons. The van der Waals surface area contributed by atoms with Crippen LogP contribution in [0.15, 0.2) is 230 Å². The van der Waals surface area contributed by atoms with Crippen molar-refractivity contribution in [2.75, 3.05) is 0 Å². The van der Waals surface area contributed by atoms with Gasteiger partial charge in [-0.05, 0) is 131 Å². The lowest BCUT2D eigenvalue weighted by atomic mass is 10.1. The third-order valence-corrected chi connectivity index (χ3v) is 11.4. The monoisotopic (exact) mass is 1180 g/mol. The Morgan fingerprint density at radius 1 is 0.553 bits per heavy atom. The summed E-state index contributed by atoms with van der Waals surface area (Å²) in [5.74, 6) is 0. The van der Waals surface area contributed by atoms with Gasteiger partial charge in [-0.25, -0.2) is 24.6 Å². The molecule has 2 aliphatic heterocycles. The van der Waals surface area contributed by atoms with E-state index in [0.29, 0.717) is 0 Å². The quantitative estimate of drug-likeness (QED) is 0.0868. The molecule has 2 aliphatic rings. The zero-order valence-electron chi connectivity index (χ0n) is 49.3. The van der Waals surface area contributed by atoms with Crippen LogP contribution in [0.25, 0.3) is 20.6 Å². The van der Waals surface area contributed by atoms with Crippen molar-refractivity contribution < 1.29 is 4.98 Å².